The minimum Gasteiger partial charge on any atom is -0.383 e. The van der Waals surface area contributed by atoms with Crippen LogP contribution < -0.4 is 10.6 Å². The predicted octanol–water partition coefficient (Wildman–Crippen LogP) is 3.03. The Morgan fingerprint density at radius 1 is 1.41 bits per heavy atom. The van der Waals surface area contributed by atoms with Gasteiger partial charge in [0.15, 0.2) is 0 Å². The molecule has 2 amide bonds. The predicted molar refractivity (Wildman–Crippen MR) is 90.3 cm³/mol. The molecular weight excluding hydrogens is 318 g/mol. The van der Waals surface area contributed by atoms with E-state index in [4.69, 9.17) is 0 Å². The number of thiophene rings is 1. The molecule has 2 aromatic rings. The van der Waals surface area contributed by atoms with Crippen LogP contribution in [-0.4, -0.2) is 22.7 Å². The molecule has 0 aliphatic rings. The summed E-state index contributed by atoms with van der Waals surface area (Å²) in [5.74, 6) is 0.397. The van der Waals surface area contributed by atoms with Crippen molar-refractivity contribution < 1.29 is 9.90 Å². The van der Waals surface area contributed by atoms with Crippen LogP contribution in [0.3, 0.4) is 0 Å². The Labute approximate surface area is 138 Å². The molecule has 2 rings (SSSR count). The summed E-state index contributed by atoms with van der Waals surface area (Å²) in [5.41, 5.74) is -0.203. The zero-order chi connectivity index (χ0) is 16.2. The number of aliphatic hydroxyl groups is 1. The second-order valence-corrected chi connectivity index (χ2v) is 7.46. The van der Waals surface area contributed by atoms with E-state index in [0.29, 0.717) is 12.5 Å². The van der Waals surface area contributed by atoms with Gasteiger partial charge in [-0.1, -0.05) is 19.9 Å². The van der Waals surface area contributed by atoms with E-state index in [1.165, 1.54) is 11.3 Å². The number of nitrogens with zero attached hydrogens (tertiary/aromatic N) is 1. The number of hydrogen-bond donors (Lipinski definition) is 3. The zero-order valence-corrected chi connectivity index (χ0v) is 14.6. The SMILES string of the molecule is CC(C)c1nc(CNC(=O)NCC(C)(O)c2cccs2)cs1. The fourth-order valence-electron chi connectivity index (χ4n) is 1.83. The molecule has 0 aromatic carbocycles. The quantitative estimate of drug-likeness (QED) is 0.757. The van der Waals surface area contributed by atoms with E-state index < -0.39 is 5.60 Å². The molecule has 0 bridgehead atoms. The fraction of sp³-hybridized carbons (Fsp3) is 0.467. The van der Waals surface area contributed by atoms with Crippen LogP contribution in [0.2, 0.25) is 0 Å². The molecule has 0 spiro atoms. The molecule has 7 heteroatoms. The third-order valence-corrected chi connectivity index (χ3v) is 5.46. The molecule has 0 saturated heterocycles. The lowest BCUT2D eigenvalue weighted by molar-refractivity contribution is 0.0631. The van der Waals surface area contributed by atoms with Crippen LogP contribution in [0.1, 0.15) is 42.3 Å². The van der Waals surface area contributed by atoms with Crippen molar-refractivity contribution in [2.75, 3.05) is 6.54 Å². The first-order valence-corrected chi connectivity index (χ1v) is 8.87. The average Bonchev–Trinajstić information content (AvgIpc) is 3.13. The molecule has 2 heterocycles. The smallest absolute Gasteiger partial charge is 0.315 e. The first-order chi connectivity index (χ1) is 10.4. The Balaban J connectivity index is 1.78. The van der Waals surface area contributed by atoms with Gasteiger partial charge in [-0.15, -0.1) is 22.7 Å². The van der Waals surface area contributed by atoms with Crippen molar-refractivity contribution >= 4 is 28.7 Å². The van der Waals surface area contributed by atoms with Crippen molar-refractivity contribution in [3.8, 4) is 0 Å². The second-order valence-electron chi connectivity index (χ2n) is 5.62. The second kappa shape index (κ2) is 7.21. The number of amides is 2. The van der Waals surface area contributed by atoms with E-state index in [9.17, 15) is 9.90 Å². The number of carbonyl (C=O) groups is 1. The Bertz CT molecular complexity index is 606. The van der Waals surface area contributed by atoms with Crippen molar-refractivity contribution in [3.05, 3.63) is 38.5 Å². The first-order valence-electron chi connectivity index (χ1n) is 7.11. The molecule has 22 heavy (non-hydrogen) atoms. The Kier molecular flexibility index (Phi) is 5.55. The van der Waals surface area contributed by atoms with Crippen LogP contribution in [0.25, 0.3) is 0 Å². The lowest BCUT2D eigenvalue weighted by Crippen LogP contribution is -2.42. The number of rotatable bonds is 6. The van der Waals surface area contributed by atoms with Gasteiger partial charge in [-0.3, -0.25) is 0 Å². The van der Waals surface area contributed by atoms with Crippen molar-refractivity contribution in [3.63, 3.8) is 0 Å². The number of hydrogen-bond acceptors (Lipinski definition) is 5. The molecule has 120 valence electrons. The van der Waals surface area contributed by atoms with Gasteiger partial charge in [0.2, 0.25) is 0 Å². The normalized spacial score (nSPS) is 13.9. The molecule has 1 atom stereocenters. The van der Waals surface area contributed by atoms with Gasteiger partial charge in [-0.25, -0.2) is 9.78 Å². The van der Waals surface area contributed by atoms with Crippen molar-refractivity contribution in [2.24, 2.45) is 0 Å². The van der Waals surface area contributed by atoms with Gasteiger partial charge in [0.1, 0.15) is 5.60 Å². The molecule has 0 fully saturated rings. The van der Waals surface area contributed by atoms with Gasteiger partial charge in [0, 0.05) is 16.2 Å². The van der Waals surface area contributed by atoms with E-state index in [0.717, 1.165) is 15.6 Å². The van der Waals surface area contributed by atoms with Gasteiger partial charge in [0.25, 0.3) is 0 Å². The molecule has 0 aliphatic carbocycles. The summed E-state index contributed by atoms with van der Waals surface area (Å²) in [6, 6.07) is 3.42. The maximum Gasteiger partial charge on any atom is 0.315 e. The standard InChI is InChI=1S/C15H21N3O2S2/c1-10(2)13-18-11(8-22-13)7-16-14(19)17-9-15(3,20)12-5-4-6-21-12/h4-6,8,10,20H,7,9H2,1-3H3,(H2,16,17,19). The zero-order valence-electron chi connectivity index (χ0n) is 12.9. The highest BCUT2D eigenvalue weighted by Gasteiger charge is 2.24. The van der Waals surface area contributed by atoms with E-state index in [-0.39, 0.29) is 12.6 Å². The number of carbonyl (C=O) groups excluding carboxylic acids is 1. The van der Waals surface area contributed by atoms with Crippen LogP contribution in [0.5, 0.6) is 0 Å². The topological polar surface area (TPSA) is 74.2 Å². The average molecular weight is 339 g/mol. The molecule has 0 saturated carbocycles. The molecule has 5 nitrogen and oxygen atoms in total. The van der Waals surface area contributed by atoms with Crippen molar-refractivity contribution in [1.29, 1.82) is 0 Å². The first kappa shape index (κ1) is 16.9. The van der Waals surface area contributed by atoms with Gasteiger partial charge in [-0.2, -0.15) is 0 Å². The molecular formula is C15H21N3O2S2. The third-order valence-electron chi connectivity index (χ3n) is 3.14. The molecule has 0 aliphatic heterocycles. The van der Waals surface area contributed by atoms with Crippen LogP contribution >= 0.6 is 22.7 Å². The Hall–Kier alpha value is -1.44. The molecule has 2 aromatic heterocycles. The van der Waals surface area contributed by atoms with Gasteiger partial charge < -0.3 is 15.7 Å². The number of nitrogens with one attached hydrogen (secondary N) is 2. The highest BCUT2D eigenvalue weighted by Crippen LogP contribution is 2.24. The summed E-state index contributed by atoms with van der Waals surface area (Å²) in [6.07, 6.45) is 0. The van der Waals surface area contributed by atoms with Crippen molar-refractivity contribution in [2.45, 2.75) is 38.8 Å². The third kappa shape index (κ3) is 4.53. The van der Waals surface area contributed by atoms with Crippen LogP contribution in [0, 0.1) is 0 Å². The number of urea groups is 1. The summed E-state index contributed by atoms with van der Waals surface area (Å²) < 4.78 is 0. The van der Waals surface area contributed by atoms with E-state index >= 15 is 0 Å². The van der Waals surface area contributed by atoms with Crippen LogP contribution in [0.15, 0.2) is 22.9 Å². The minimum absolute atomic E-state index is 0.160. The van der Waals surface area contributed by atoms with Gasteiger partial charge in [-0.05, 0) is 18.4 Å². The van der Waals surface area contributed by atoms with Crippen molar-refractivity contribution in [1.82, 2.24) is 15.6 Å². The van der Waals surface area contributed by atoms with E-state index in [1.807, 2.05) is 22.9 Å². The maximum atomic E-state index is 11.8. The summed E-state index contributed by atoms with van der Waals surface area (Å²) in [4.78, 5) is 17.1. The summed E-state index contributed by atoms with van der Waals surface area (Å²) in [6.45, 7) is 6.42. The lowest BCUT2D eigenvalue weighted by atomic mass is 10.1. The van der Waals surface area contributed by atoms with Gasteiger partial charge >= 0.3 is 6.03 Å². The molecule has 0 radical (unpaired) electrons. The van der Waals surface area contributed by atoms with E-state index in [1.54, 1.807) is 18.3 Å². The monoisotopic (exact) mass is 339 g/mol. The molecule has 1 unspecified atom stereocenters. The van der Waals surface area contributed by atoms with Crippen LogP contribution in [-0.2, 0) is 12.1 Å². The Morgan fingerprint density at radius 2 is 2.18 bits per heavy atom. The highest BCUT2D eigenvalue weighted by molar-refractivity contribution is 7.10. The highest BCUT2D eigenvalue weighted by atomic mass is 32.1. The van der Waals surface area contributed by atoms with E-state index in [2.05, 4.69) is 29.5 Å². The summed E-state index contributed by atoms with van der Waals surface area (Å²) in [5, 5.41) is 20.7. The summed E-state index contributed by atoms with van der Waals surface area (Å²) in [7, 11) is 0. The molecule has 3 N–H and O–H groups in total. The van der Waals surface area contributed by atoms with Crippen LogP contribution in [0.4, 0.5) is 4.79 Å². The Morgan fingerprint density at radius 3 is 2.77 bits per heavy atom. The number of aromatic nitrogens is 1. The van der Waals surface area contributed by atoms with Gasteiger partial charge in [0.05, 0.1) is 23.8 Å². The minimum atomic E-state index is -1.06. The largest absolute Gasteiger partial charge is 0.383 e. The lowest BCUT2D eigenvalue weighted by Gasteiger charge is -2.22. The number of thiazole rings is 1. The summed E-state index contributed by atoms with van der Waals surface area (Å²) >= 11 is 3.07. The fourth-order valence-corrected chi connectivity index (χ4v) is 3.45. The maximum absolute atomic E-state index is 11.8.